The maximum atomic E-state index is 8.74. The standard InChI is InChI=1S/C13H22N4O3/c1-10(9-20-3)17(6-7-19-2)12-8-11(4-5-15-12)13(14)16-18/h4-5,8,10,18H,6-7,9H2,1-3H3,(H2,14,16). The van der Waals surface area contributed by atoms with Crippen LogP contribution in [-0.4, -0.2) is 56.0 Å². The van der Waals surface area contributed by atoms with E-state index in [0.717, 1.165) is 5.82 Å². The molecular weight excluding hydrogens is 260 g/mol. The molecule has 0 aromatic carbocycles. The van der Waals surface area contributed by atoms with Crippen molar-refractivity contribution in [2.45, 2.75) is 13.0 Å². The molecule has 1 atom stereocenters. The summed E-state index contributed by atoms with van der Waals surface area (Å²) in [5.41, 5.74) is 6.22. The summed E-state index contributed by atoms with van der Waals surface area (Å²) in [5.74, 6) is 0.787. The number of aromatic nitrogens is 1. The summed E-state index contributed by atoms with van der Waals surface area (Å²) in [6, 6.07) is 3.59. The van der Waals surface area contributed by atoms with Crippen LogP contribution in [0.1, 0.15) is 12.5 Å². The van der Waals surface area contributed by atoms with Gasteiger partial charge in [-0.1, -0.05) is 5.16 Å². The van der Waals surface area contributed by atoms with Gasteiger partial charge in [0.15, 0.2) is 5.84 Å². The van der Waals surface area contributed by atoms with Gasteiger partial charge in [0, 0.05) is 32.5 Å². The van der Waals surface area contributed by atoms with Gasteiger partial charge in [-0.2, -0.15) is 0 Å². The second-order valence-corrected chi connectivity index (χ2v) is 4.38. The quantitative estimate of drug-likeness (QED) is 0.315. The van der Waals surface area contributed by atoms with Gasteiger partial charge in [0.1, 0.15) is 5.82 Å². The Kier molecular flexibility index (Phi) is 6.75. The number of ether oxygens (including phenoxy) is 2. The van der Waals surface area contributed by atoms with Crippen LogP contribution >= 0.6 is 0 Å². The monoisotopic (exact) mass is 282 g/mol. The van der Waals surface area contributed by atoms with E-state index in [2.05, 4.69) is 15.0 Å². The summed E-state index contributed by atoms with van der Waals surface area (Å²) in [5, 5.41) is 11.7. The van der Waals surface area contributed by atoms with E-state index in [9.17, 15) is 0 Å². The van der Waals surface area contributed by atoms with Crippen LogP contribution in [0.25, 0.3) is 0 Å². The zero-order valence-corrected chi connectivity index (χ0v) is 12.1. The number of nitrogens with two attached hydrogens (primary N) is 1. The normalized spacial score (nSPS) is 13.2. The number of methoxy groups -OCH3 is 2. The van der Waals surface area contributed by atoms with Crippen molar-refractivity contribution in [1.82, 2.24) is 4.98 Å². The van der Waals surface area contributed by atoms with Crippen molar-refractivity contribution in [2.24, 2.45) is 10.9 Å². The summed E-state index contributed by atoms with van der Waals surface area (Å²) in [6.07, 6.45) is 1.63. The minimum absolute atomic E-state index is 0.0553. The Morgan fingerprint density at radius 1 is 1.50 bits per heavy atom. The molecule has 1 aromatic rings. The molecule has 3 N–H and O–H groups in total. The Morgan fingerprint density at radius 2 is 2.25 bits per heavy atom. The summed E-state index contributed by atoms with van der Waals surface area (Å²) in [6.45, 7) is 3.85. The van der Waals surface area contributed by atoms with E-state index in [1.54, 1.807) is 32.5 Å². The van der Waals surface area contributed by atoms with Crippen molar-refractivity contribution in [1.29, 1.82) is 0 Å². The third-order valence-corrected chi connectivity index (χ3v) is 2.92. The molecular formula is C13H22N4O3. The fourth-order valence-electron chi connectivity index (χ4n) is 1.87. The van der Waals surface area contributed by atoms with Crippen LogP contribution < -0.4 is 10.6 Å². The van der Waals surface area contributed by atoms with Crippen LogP contribution in [0.15, 0.2) is 23.5 Å². The molecule has 0 saturated heterocycles. The summed E-state index contributed by atoms with van der Waals surface area (Å²) in [7, 11) is 3.31. The third-order valence-electron chi connectivity index (χ3n) is 2.92. The Bertz CT molecular complexity index is 439. The highest BCUT2D eigenvalue weighted by Crippen LogP contribution is 2.16. The minimum Gasteiger partial charge on any atom is -0.409 e. The van der Waals surface area contributed by atoms with Gasteiger partial charge in [0.05, 0.1) is 19.3 Å². The SMILES string of the molecule is COCCN(c1cc(C(N)=NO)ccn1)C(C)COC. The average Bonchev–Trinajstić information content (AvgIpc) is 2.47. The Labute approximate surface area is 119 Å². The first-order chi connectivity index (χ1) is 9.63. The summed E-state index contributed by atoms with van der Waals surface area (Å²) >= 11 is 0. The first-order valence-electron chi connectivity index (χ1n) is 6.32. The molecule has 0 spiro atoms. The van der Waals surface area contributed by atoms with Gasteiger partial charge in [-0.25, -0.2) is 4.98 Å². The lowest BCUT2D eigenvalue weighted by molar-refractivity contribution is 0.170. The molecule has 0 radical (unpaired) electrons. The summed E-state index contributed by atoms with van der Waals surface area (Å²) in [4.78, 5) is 6.39. The molecule has 1 rings (SSSR count). The maximum Gasteiger partial charge on any atom is 0.170 e. The van der Waals surface area contributed by atoms with E-state index in [1.165, 1.54) is 0 Å². The molecule has 0 aliphatic rings. The lowest BCUT2D eigenvalue weighted by Crippen LogP contribution is -2.39. The summed E-state index contributed by atoms with van der Waals surface area (Å²) < 4.78 is 10.3. The lowest BCUT2D eigenvalue weighted by atomic mass is 10.2. The molecule has 20 heavy (non-hydrogen) atoms. The number of nitrogens with zero attached hydrogens (tertiary/aromatic N) is 3. The number of anilines is 1. The van der Waals surface area contributed by atoms with Gasteiger partial charge in [-0.3, -0.25) is 0 Å². The number of pyridine rings is 1. The van der Waals surface area contributed by atoms with E-state index < -0.39 is 0 Å². The number of hydrogen-bond donors (Lipinski definition) is 2. The zero-order chi connectivity index (χ0) is 15.0. The van der Waals surface area contributed by atoms with E-state index >= 15 is 0 Å². The average molecular weight is 282 g/mol. The van der Waals surface area contributed by atoms with Crippen LogP contribution in [0.2, 0.25) is 0 Å². The van der Waals surface area contributed by atoms with Crippen molar-refractivity contribution in [2.75, 3.05) is 38.9 Å². The Balaban J connectivity index is 3.00. The number of amidine groups is 1. The minimum atomic E-state index is 0.0553. The van der Waals surface area contributed by atoms with Crippen molar-refractivity contribution in [3.8, 4) is 0 Å². The van der Waals surface area contributed by atoms with Crippen molar-refractivity contribution < 1.29 is 14.7 Å². The van der Waals surface area contributed by atoms with E-state index in [1.807, 2.05) is 6.92 Å². The fraction of sp³-hybridized carbons (Fsp3) is 0.538. The number of oxime groups is 1. The first-order valence-corrected chi connectivity index (χ1v) is 6.32. The molecule has 0 saturated carbocycles. The van der Waals surface area contributed by atoms with Crippen LogP contribution in [-0.2, 0) is 9.47 Å². The predicted octanol–water partition coefficient (Wildman–Crippen LogP) is 0.664. The second-order valence-electron chi connectivity index (χ2n) is 4.38. The van der Waals surface area contributed by atoms with Gasteiger partial charge < -0.3 is 25.3 Å². The fourth-order valence-corrected chi connectivity index (χ4v) is 1.87. The van der Waals surface area contributed by atoms with Crippen LogP contribution in [0.5, 0.6) is 0 Å². The molecule has 0 amide bonds. The largest absolute Gasteiger partial charge is 0.409 e. The van der Waals surface area contributed by atoms with Gasteiger partial charge in [0.25, 0.3) is 0 Å². The van der Waals surface area contributed by atoms with Gasteiger partial charge in [-0.05, 0) is 19.1 Å². The smallest absolute Gasteiger partial charge is 0.170 e. The van der Waals surface area contributed by atoms with E-state index in [-0.39, 0.29) is 11.9 Å². The maximum absolute atomic E-state index is 8.74. The predicted molar refractivity (Wildman–Crippen MR) is 77.3 cm³/mol. The molecule has 0 aliphatic heterocycles. The highest BCUT2D eigenvalue weighted by atomic mass is 16.5. The van der Waals surface area contributed by atoms with E-state index in [4.69, 9.17) is 20.4 Å². The van der Waals surface area contributed by atoms with Gasteiger partial charge in [0.2, 0.25) is 0 Å². The molecule has 7 heteroatoms. The van der Waals surface area contributed by atoms with Crippen LogP contribution in [0, 0.1) is 0 Å². The third kappa shape index (κ3) is 4.36. The molecule has 7 nitrogen and oxygen atoms in total. The van der Waals surface area contributed by atoms with E-state index in [0.29, 0.717) is 25.3 Å². The number of rotatable bonds is 8. The Hall–Kier alpha value is -1.86. The van der Waals surface area contributed by atoms with Gasteiger partial charge in [-0.15, -0.1) is 0 Å². The van der Waals surface area contributed by atoms with Gasteiger partial charge >= 0.3 is 0 Å². The molecule has 0 aliphatic carbocycles. The molecule has 0 bridgehead atoms. The molecule has 1 unspecified atom stereocenters. The lowest BCUT2D eigenvalue weighted by Gasteiger charge is -2.29. The molecule has 112 valence electrons. The highest BCUT2D eigenvalue weighted by Gasteiger charge is 2.16. The van der Waals surface area contributed by atoms with Crippen molar-refractivity contribution >= 4 is 11.7 Å². The second kappa shape index (κ2) is 8.34. The molecule has 1 heterocycles. The zero-order valence-electron chi connectivity index (χ0n) is 12.1. The van der Waals surface area contributed by atoms with Crippen molar-refractivity contribution in [3.63, 3.8) is 0 Å². The van der Waals surface area contributed by atoms with Crippen molar-refractivity contribution in [3.05, 3.63) is 23.9 Å². The number of hydrogen-bond acceptors (Lipinski definition) is 6. The molecule has 0 fully saturated rings. The first kappa shape index (κ1) is 16.2. The highest BCUT2D eigenvalue weighted by molar-refractivity contribution is 5.97. The Morgan fingerprint density at radius 3 is 2.85 bits per heavy atom. The molecule has 1 aromatic heterocycles. The van der Waals surface area contributed by atoms with Crippen LogP contribution in [0.3, 0.4) is 0 Å². The van der Waals surface area contributed by atoms with Crippen LogP contribution in [0.4, 0.5) is 5.82 Å². The topological polar surface area (TPSA) is 93.2 Å².